The van der Waals surface area contributed by atoms with E-state index < -0.39 is 10.8 Å². The minimum absolute atomic E-state index is 0.326. The third-order valence-corrected chi connectivity index (χ3v) is 3.72. The molecule has 0 saturated carbocycles. The van der Waals surface area contributed by atoms with Crippen molar-refractivity contribution >= 4 is 16.5 Å². The highest BCUT2D eigenvalue weighted by molar-refractivity contribution is 7.85. The summed E-state index contributed by atoms with van der Waals surface area (Å²) in [5, 5.41) is 7.00. The molecule has 5 heteroatoms. The van der Waals surface area contributed by atoms with Gasteiger partial charge in [-0.25, -0.2) is 8.60 Å². The van der Waals surface area contributed by atoms with Crippen molar-refractivity contribution in [1.82, 2.24) is 0 Å². The maximum absolute atomic E-state index is 12.8. The number of quaternary nitrogens is 1. The molecule has 3 nitrogen and oxygen atoms in total. The van der Waals surface area contributed by atoms with Crippen LogP contribution in [0.3, 0.4) is 0 Å². The van der Waals surface area contributed by atoms with Gasteiger partial charge >= 0.3 is 0 Å². The Labute approximate surface area is 114 Å². The van der Waals surface area contributed by atoms with Gasteiger partial charge in [0.2, 0.25) is 0 Å². The molecular formula is C14H17FNO2S+. The van der Waals surface area contributed by atoms with E-state index in [9.17, 15) is 8.60 Å². The Morgan fingerprint density at radius 1 is 1.05 bits per heavy atom. The summed E-state index contributed by atoms with van der Waals surface area (Å²) in [6.07, 6.45) is 0. The quantitative estimate of drug-likeness (QED) is 0.882. The number of aliphatic hydroxyl groups excluding tert-OH is 1. The van der Waals surface area contributed by atoms with Crippen LogP contribution < -0.4 is 5.73 Å². The van der Waals surface area contributed by atoms with Crippen LogP contribution in [0.1, 0.15) is 5.56 Å². The Hall–Kier alpha value is -1.56. The standard InChI is InChI=1S/C13H12FNOS.CH4O/c1-9-6-11(15)8-13(7-9)17(16)12-4-2-10(14)3-5-12;1-2/h2-8H,15H2,1H3;2H,1H3/p+1. The molecule has 0 aliphatic heterocycles. The first-order valence-electron chi connectivity index (χ1n) is 5.62. The number of hydrogen-bond acceptors (Lipinski definition) is 2. The highest BCUT2D eigenvalue weighted by atomic mass is 32.2. The molecule has 1 atom stereocenters. The zero-order valence-corrected chi connectivity index (χ0v) is 11.7. The summed E-state index contributed by atoms with van der Waals surface area (Å²) in [6, 6.07) is 11.3. The smallest absolute Gasteiger partial charge is 0.129 e. The molecule has 0 aliphatic carbocycles. The van der Waals surface area contributed by atoms with Crippen LogP contribution in [-0.2, 0) is 10.8 Å². The third-order valence-electron chi connectivity index (χ3n) is 2.35. The van der Waals surface area contributed by atoms with Crippen molar-refractivity contribution in [3.05, 3.63) is 53.8 Å². The summed E-state index contributed by atoms with van der Waals surface area (Å²) in [5.74, 6) is -0.326. The van der Waals surface area contributed by atoms with Crippen LogP contribution in [0.15, 0.2) is 52.3 Å². The zero-order valence-electron chi connectivity index (χ0n) is 10.9. The van der Waals surface area contributed by atoms with E-state index in [1.807, 2.05) is 19.1 Å². The van der Waals surface area contributed by atoms with Crippen LogP contribution in [0.4, 0.5) is 10.1 Å². The van der Waals surface area contributed by atoms with Crippen molar-refractivity contribution in [3.63, 3.8) is 0 Å². The molecule has 102 valence electrons. The molecule has 0 aromatic heterocycles. The lowest BCUT2D eigenvalue weighted by molar-refractivity contribution is -0.255. The molecule has 0 fully saturated rings. The minimum Gasteiger partial charge on any atom is -0.400 e. The number of halogens is 1. The maximum Gasteiger partial charge on any atom is 0.129 e. The fourth-order valence-electron chi connectivity index (χ4n) is 1.63. The fraction of sp³-hybridized carbons (Fsp3) is 0.143. The summed E-state index contributed by atoms with van der Waals surface area (Å²) in [7, 11) is -0.282. The van der Waals surface area contributed by atoms with E-state index in [1.54, 1.807) is 6.07 Å². The van der Waals surface area contributed by atoms with Crippen LogP contribution in [0, 0.1) is 12.7 Å². The molecule has 4 N–H and O–H groups in total. The van der Waals surface area contributed by atoms with Gasteiger partial charge in [0.05, 0.1) is 10.8 Å². The van der Waals surface area contributed by atoms with E-state index in [1.165, 1.54) is 24.3 Å². The number of rotatable bonds is 2. The SMILES string of the molecule is CO.Cc1cc([NH3+])cc(S(=O)c2ccc(F)cc2)c1. The topological polar surface area (TPSA) is 64.9 Å². The molecule has 0 spiro atoms. The van der Waals surface area contributed by atoms with E-state index >= 15 is 0 Å². The largest absolute Gasteiger partial charge is 0.400 e. The van der Waals surface area contributed by atoms with Crippen molar-refractivity contribution in [3.8, 4) is 0 Å². The van der Waals surface area contributed by atoms with Crippen molar-refractivity contribution in [1.29, 1.82) is 0 Å². The van der Waals surface area contributed by atoms with E-state index in [0.29, 0.717) is 9.79 Å². The summed E-state index contributed by atoms with van der Waals surface area (Å²) in [5.41, 5.74) is 5.68. The lowest BCUT2D eigenvalue weighted by atomic mass is 10.2. The Morgan fingerprint density at radius 2 is 1.63 bits per heavy atom. The average Bonchev–Trinajstić information content (AvgIpc) is 2.40. The normalized spacial score (nSPS) is 11.4. The predicted octanol–water partition coefficient (Wildman–Crippen LogP) is 1.78. The number of aryl methyl sites for hydroxylation is 1. The third kappa shape index (κ3) is 4.24. The Bertz CT molecular complexity index is 550. The van der Waals surface area contributed by atoms with Crippen LogP contribution in [0.25, 0.3) is 0 Å². The Balaban J connectivity index is 0.000000861. The molecule has 2 aromatic rings. The van der Waals surface area contributed by atoms with Gasteiger partial charge in [-0.2, -0.15) is 0 Å². The molecule has 2 aromatic carbocycles. The highest BCUT2D eigenvalue weighted by Gasteiger charge is 2.09. The summed E-state index contributed by atoms with van der Waals surface area (Å²) >= 11 is 0. The van der Waals surface area contributed by atoms with E-state index in [4.69, 9.17) is 5.11 Å². The fourth-order valence-corrected chi connectivity index (χ4v) is 2.83. The molecule has 1 unspecified atom stereocenters. The van der Waals surface area contributed by atoms with Crippen molar-refractivity contribution in [2.75, 3.05) is 7.11 Å². The van der Waals surface area contributed by atoms with Crippen molar-refractivity contribution in [2.45, 2.75) is 16.7 Å². The van der Waals surface area contributed by atoms with Crippen molar-refractivity contribution in [2.24, 2.45) is 0 Å². The van der Waals surface area contributed by atoms with Gasteiger partial charge in [-0.1, -0.05) is 0 Å². The second-order valence-electron chi connectivity index (χ2n) is 3.88. The van der Waals surface area contributed by atoms with Crippen LogP contribution in [0.5, 0.6) is 0 Å². The van der Waals surface area contributed by atoms with E-state index in [-0.39, 0.29) is 5.82 Å². The zero-order chi connectivity index (χ0) is 14.4. The maximum atomic E-state index is 12.8. The van der Waals surface area contributed by atoms with Crippen LogP contribution >= 0.6 is 0 Å². The van der Waals surface area contributed by atoms with Gasteiger partial charge in [0, 0.05) is 29.0 Å². The number of aliphatic hydroxyl groups is 1. The highest BCUT2D eigenvalue weighted by Crippen LogP contribution is 2.19. The molecule has 19 heavy (non-hydrogen) atoms. The molecular weight excluding hydrogens is 265 g/mol. The molecule has 0 bridgehead atoms. The molecule has 0 heterocycles. The summed E-state index contributed by atoms with van der Waals surface area (Å²) in [6.45, 7) is 1.93. The van der Waals surface area contributed by atoms with Gasteiger partial charge in [-0.15, -0.1) is 0 Å². The van der Waals surface area contributed by atoms with Gasteiger partial charge in [0.1, 0.15) is 11.5 Å². The molecule has 0 aliphatic rings. The second kappa shape index (κ2) is 7.13. The monoisotopic (exact) mass is 282 g/mol. The van der Waals surface area contributed by atoms with Crippen molar-refractivity contribution < 1.29 is 19.4 Å². The Morgan fingerprint density at radius 3 is 2.16 bits per heavy atom. The van der Waals surface area contributed by atoms with E-state index in [2.05, 4.69) is 5.73 Å². The first kappa shape index (κ1) is 15.5. The Kier molecular flexibility index (Phi) is 5.82. The van der Waals surface area contributed by atoms with Gasteiger partial charge in [0.25, 0.3) is 0 Å². The van der Waals surface area contributed by atoms with Gasteiger partial charge in [-0.3, -0.25) is 0 Å². The van der Waals surface area contributed by atoms with Gasteiger partial charge < -0.3 is 10.8 Å². The lowest BCUT2D eigenvalue weighted by Crippen LogP contribution is -2.40. The molecule has 0 radical (unpaired) electrons. The van der Waals surface area contributed by atoms with E-state index in [0.717, 1.165) is 18.4 Å². The summed E-state index contributed by atoms with van der Waals surface area (Å²) in [4.78, 5) is 1.29. The molecule has 2 rings (SSSR count). The number of hydrogen-bond donors (Lipinski definition) is 2. The average molecular weight is 282 g/mol. The summed E-state index contributed by atoms with van der Waals surface area (Å²) < 4.78 is 25.0. The first-order chi connectivity index (χ1) is 9.06. The lowest BCUT2D eigenvalue weighted by Gasteiger charge is -2.03. The van der Waals surface area contributed by atoms with Gasteiger partial charge in [-0.05, 0) is 42.8 Å². The predicted molar refractivity (Wildman–Crippen MR) is 72.9 cm³/mol. The van der Waals surface area contributed by atoms with Gasteiger partial charge in [0.15, 0.2) is 0 Å². The number of benzene rings is 2. The molecule has 0 amide bonds. The second-order valence-corrected chi connectivity index (χ2v) is 5.36. The van der Waals surface area contributed by atoms with Crippen LogP contribution in [-0.4, -0.2) is 16.4 Å². The minimum atomic E-state index is -1.28. The molecule has 0 saturated heterocycles. The first-order valence-corrected chi connectivity index (χ1v) is 6.77. The van der Waals surface area contributed by atoms with Crippen LogP contribution in [0.2, 0.25) is 0 Å².